The standard InChI is InChI=1S/C15H20BF3O2/c1-4-16(5-2)11(8-15(20)21-3)6-10-7-13(18)14(19)9-12(10)17/h7,9,11H,4-6,8H2,1-3H3. The highest BCUT2D eigenvalue weighted by Crippen LogP contribution is 2.28. The fourth-order valence-electron chi connectivity index (χ4n) is 2.66. The number of benzene rings is 1. The third kappa shape index (κ3) is 4.79. The van der Waals surface area contributed by atoms with Crippen molar-refractivity contribution >= 4 is 12.7 Å². The first-order valence-electron chi connectivity index (χ1n) is 7.13. The lowest BCUT2D eigenvalue weighted by Crippen LogP contribution is -2.24. The Balaban J connectivity index is 2.99. The quantitative estimate of drug-likeness (QED) is 0.430. The van der Waals surface area contributed by atoms with Crippen LogP contribution in [0.25, 0.3) is 0 Å². The highest BCUT2D eigenvalue weighted by Gasteiger charge is 2.26. The summed E-state index contributed by atoms with van der Waals surface area (Å²) in [6.07, 6.45) is 1.97. The van der Waals surface area contributed by atoms with E-state index in [9.17, 15) is 18.0 Å². The molecule has 116 valence electrons. The SMILES string of the molecule is CCB(CC)C(CC(=O)OC)Cc1cc(F)c(F)cc1F. The van der Waals surface area contributed by atoms with Gasteiger partial charge in [0.25, 0.3) is 0 Å². The fraction of sp³-hybridized carbons (Fsp3) is 0.533. The Hall–Kier alpha value is -1.46. The van der Waals surface area contributed by atoms with E-state index in [1.54, 1.807) is 0 Å². The van der Waals surface area contributed by atoms with Crippen molar-refractivity contribution in [2.24, 2.45) is 0 Å². The zero-order valence-corrected chi connectivity index (χ0v) is 12.6. The minimum atomic E-state index is -1.21. The molecule has 1 unspecified atom stereocenters. The number of hydrogen-bond donors (Lipinski definition) is 0. The van der Waals surface area contributed by atoms with Gasteiger partial charge in [-0.3, -0.25) is 4.79 Å². The van der Waals surface area contributed by atoms with Gasteiger partial charge in [-0.05, 0) is 23.9 Å². The Kier molecular flexibility index (Phi) is 6.79. The molecule has 1 rings (SSSR count). The largest absolute Gasteiger partial charge is 0.469 e. The normalized spacial score (nSPS) is 12.1. The Morgan fingerprint density at radius 1 is 1.14 bits per heavy atom. The van der Waals surface area contributed by atoms with Gasteiger partial charge in [-0.15, -0.1) is 0 Å². The summed E-state index contributed by atoms with van der Waals surface area (Å²) in [6.45, 7) is 4.16. The molecule has 0 heterocycles. The molecule has 1 atom stereocenters. The van der Waals surface area contributed by atoms with Crippen molar-refractivity contribution in [2.45, 2.75) is 45.1 Å². The summed E-state index contributed by atoms with van der Waals surface area (Å²) in [4.78, 5) is 11.5. The summed E-state index contributed by atoms with van der Waals surface area (Å²) >= 11 is 0. The van der Waals surface area contributed by atoms with E-state index in [2.05, 4.69) is 4.74 Å². The molecule has 0 fully saturated rings. The van der Waals surface area contributed by atoms with Crippen LogP contribution in [0.15, 0.2) is 12.1 Å². The maximum absolute atomic E-state index is 13.8. The smallest absolute Gasteiger partial charge is 0.305 e. The first kappa shape index (κ1) is 17.6. The number of carbonyl (C=O) groups excluding carboxylic acids is 1. The number of carbonyl (C=O) groups is 1. The number of ether oxygens (including phenoxy) is 1. The molecular formula is C15H20BF3O2. The Bertz CT molecular complexity index is 490. The molecule has 0 saturated carbocycles. The molecule has 0 aromatic heterocycles. The van der Waals surface area contributed by atoms with Gasteiger partial charge in [0.2, 0.25) is 0 Å². The predicted molar refractivity (Wildman–Crippen MR) is 77.1 cm³/mol. The van der Waals surface area contributed by atoms with Gasteiger partial charge in [0, 0.05) is 12.5 Å². The van der Waals surface area contributed by atoms with Crippen LogP contribution < -0.4 is 0 Å². The topological polar surface area (TPSA) is 26.3 Å². The van der Waals surface area contributed by atoms with E-state index in [4.69, 9.17) is 0 Å². The van der Waals surface area contributed by atoms with E-state index in [1.165, 1.54) is 7.11 Å². The fourth-order valence-corrected chi connectivity index (χ4v) is 2.66. The Morgan fingerprint density at radius 3 is 2.24 bits per heavy atom. The van der Waals surface area contributed by atoms with E-state index >= 15 is 0 Å². The molecule has 0 aliphatic heterocycles. The summed E-state index contributed by atoms with van der Waals surface area (Å²) in [5.41, 5.74) is 0.0923. The zero-order valence-electron chi connectivity index (χ0n) is 12.6. The van der Waals surface area contributed by atoms with Gasteiger partial charge in [-0.2, -0.15) is 0 Å². The van der Waals surface area contributed by atoms with Crippen molar-refractivity contribution in [2.75, 3.05) is 7.11 Å². The van der Waals surface area contributed by atoms with Crippen LogP contribution in [0.1, 0.15) is 25.8 Å². The monoisotopic (exact) mass is 300 g/mol. The minimum absolute atomic E-state index is 0.0923. The summed E-state index contributed by atoms with van der Waals surface area (Å²) in [7, 11) is 1.30. The molecule has 0 N–H and O–H groups in total. The van der Waals surface area contributed by atoms with E-state index in [0.29, 0.717) is 6.07 Å². The van der Waals surface area contributed by atoms with Crippen LogP contribution in [0.3, 0.4) is 0 Å². The third-order valence-electron chi connectivity index (χ3n) is 3.94. The van der Waals surface area contributed by atoms with Crippen LogP contribution in [-0.4, -0.2) is 19.8 Å². The lowest BCUT2D eigenvalue weighted by molar-refractivity contribution is -0.140. The van der Waals surface area contributed by atoms with E-state index in [0.717, 1.165) is 18.7 Å². The van der Waals surface area contributed by atoms with Gasteiger partial charge < -0.3 is 4.74 Å². The van der Waals surface area contributed by atoms with Crippen LogP contribution in [0, 0.1) is 17.5 Å². The first-order valence-corrected chi connectivity index (χ1v) is 7.13. The molecule has 1 aromatic rings. The molecule has 0 aliphatic rings. The number of esters is 1. The van der Waals surface area contributed by atoms with Crippen molar-refractivity contribution in [1.29, 1.82) is 0 Å². The number of methoxy groups -OCH3 is 1. The molecular weight excluding hydrogens is 280 g/mol. The average molecular weight is 300 g/mol. The Labute approximate surface area is 123 Å². The second kappa shape index (κ2) is 8.10. The van der Waals surface area contributed by atoms with Crippen LogP contribution in [0.2, 0.25) is 18.5 Å². The van der Waals surface area contributed by atoms with E-state index in [-0.39, 0.29) is 36.9 Å². The molecule has 21 heavy (non-hydrogen) atoms. The maximum Gasteiger partial charge on any atom is 0.305 e. The van der Waals surface area contributed by atoms with Crippen molar-refractivity contribution in [1.82, 2.24) is 0 Å². The van der Waals surface area contributed by atoms with E-state index in [1.807, 2.05) is 13.8 Å². The van der Waals surface area contributed by atoms with Crippen molar-refractivity contribution in [3.8, 4) is 0 Å². The van der Waals surface area contributed by atoms with Crippen molar-refractivity contribution in [3.05, 3.63) is 35.1 Å². The summed E-state index contributed by atoms with van der Waals surface area (Å²) in [5, 5.41) is 0. The lowest BCUT2D eigenvalue weighted by Gasteiger charge is -2.22. The number of hydrogen-bond acceptors (Lipinski definition) is 2. The van der Waals surface area contributed by atoms with E-state index < -0.39 is 17.5 Å². The van der Waals surface area contributed by atoms with Crippen LogP contribution in [0.5, 0.6) is 0 Å². The van der Waals surface area contributed by atoms with Crippen LogP contribution in [0.4, 0.5) is 13.2 Å². The molecule has 0 bridgehead atoms. The maximum atomic E-state index is 13.8. The predicted octanol–water partition coefficient (Wildman–Crippen LogP) is 4.11. The summed E-state index contributed by atoms with van der Waals surface area (Å²) < 4.78 is 44.7. The lowest BCUT2D eigenvalue weighted by atomic mass is 9.36. The van der Waals surface area contributed by atoms with Gasteiger partial charge in [0.1, 0.15) is 12.5 Å². The minimum Gasteiger partial charge on any atom is -0.469 e. The molecule has 0 spiro atoms. The molecule has 2 nitrogen and oxygen atoms in total. The molecule has 0 saturated heterocycles. The van der Waals surface area contributed by atoms with Gasteiger partial charge in [-0.1, -0.05) is 26.5 Å². The van der Waals surface area contributed by atoms with Gasteiger partial charge in [-0.25, -0.2) is 13.2 Å². The molecule has 6 heteroatoms. The zero-order chi connectivity index (χ0) is 16.0. The third-order valence-corrected chi connectivity index (χ3v) is 3.94. The van der Waals surface area contributed by atoms with Crippen LogP contribution >= 0.6 is 0 Å². The van der Waals surface area contributed by atoms with Gasteiger partial charge in [0.05, 0.1) is 7.11 Å². The highest BCUT2D eigenvalue weighted by atomic mass is 19.2. The van der Waals surface area contributed by atoms with Gasteiger partial charge in [0.15, 0.2) is 11.6 Å². The average Bonchev–Trinajstić information content (AvgIpc) is 2.45. The molecule has 0 aliphatic carbocycles. The summed E-state index contributed by atoms with van der Waals surface area (Å²) in [5.74, 6) is -3.60. The molecule has 1 aromatic carbocycles. The first-order chi connectivity index (χ1) is 9.92. The number of rotatable bonds is 7. The molecule has 0 radical (unpaired) electrons. The van der Waals surface area contributed by atoms with Crippen LogP contribution in [-0.2, 0) is 16.0 Å². The second-order valence-corrected chi connectivity index (χ2v) is 5.18. The highest BCUT2D eigenvalue weighted by molar-refractivity contribution is 6.60. The number of halogens is 3. The van der Waals surface area contributed by atoms with Crippen molar-refractivity contribution < 1.29 is 22.7 Å². The second-order valence-electron chi connectivity index (χ2n) is 5.18. The Morgan fingerprint density at radius 2 is 1.71 bits per heavy atom. The van der Waals surface area contributed by atoms with Gasteiger partial charge >= 0.3 is 5.97 Å². The van der Waals surface area contributed by atoms with Crippen molar-refractivity contribution in [3.63, 3.8) is 0 Å². The summed E-state index contributed by atoms with van der Waals surface area (Å²) in [6, 6.07) is 1.42. The molecule has 0 amide bonds.